The van der Waals surface area contributed by atoms with Crippen LogP contribution >= 0.6 is 0 Å². The van der Waals surface area contributed by atoms with E-state index >= 15 is 0 Å². The normalized spacial score (nSPS) is 12.5. The number of carbonyl (C=O) groups excluding carboxylic acids is 1. The van der Waals surface area contributed by atoms with Crippen molar-refractivity contribution in [2.45, 2.75) is 26.3 Å². The van der Waals surface area contributed by atoms with Gasteiger partial charge in [-0.2, -0.15) is 5.10 Å². The summed E-state index contributed by atoms with van der Waals surface area (Å²) in [7, 11) is 0. The lowest BCUT2D eigenvalue weighted by Crippen LogP contribution is -2.34. The van der Waals surface area contributed by atoms with Gasteiger partial charge in [-0.3, -0.25) is 9.89 Å². The molecule has 0 aliphatic rings. The van der Waals surface area contributed by atoms with Gasteiger partial charge < -0.3 is 11.1 Å². The first-order valence-electron chi connectivity index (χ1n) is 4.22. The highest BCUT2D eigenvalue weighted by atomic mass is 16.2. The van der Waals surface area contributed by atoms with E-state index in [4.69, 9.17) is 5.73 Å². The average Bonchev–Trinajstić information content (AvgIpc) is 2.49. The van der Waals surface area contributed by atoms with Crippen molar-refractivity contribution < 1.29 is 4.79 Å². The molecule has 1 aromatic rings. The van der Waals surface area contributed by atoms with Gasteiger partial charge in [-0.05, 0) is 13.3 Å². The van der Waals surface area contributed by atoms with Crippen LogP contribution in [0.3, 0.4) is 0 Å². The Bertz CT molecular complexity index is 294. The molecule has 5 heteroatoms. The molecular weight excluding hydrogens is 168 g/mol. The number of rotatable bonds is 3. The van der Waals surface area contributed by atoms with E-state index in [1.165, 1.54) is 0 Å². The Balaban J connectivity index is 2.54. The molecule has 0 fully saturated rings. The maximum atomic E-state index is 11.3. The Hall–Kier alpha value is -1.36. The van der Waals surface area contributed by atoms with E-state index in [1.807, 2.05) is 13.8 Å². The zero-order chi connectivity index (χ0) is 9.84. The zero-order valence-corrected chi connectivity index (χ0v) is 7.79. The van der Waals surface area contributed by atoms with Crippen LogP contribution in [0.2, 0.25) is 0 Å². The summed E-state index contributed by atoms with van der Waals surface area (Å²) in [6.07, 6.45) is 0.620. The number of amides is 1. The number of aromatic nitrogens is 2. The van der Waals surface area contributed by atoms with Crippen LogP contribution in [-0.4, -0.2) is 22.1 Å². The summed E-state index contributed by atoms with van der Waals surface area (Å²) >= 11 is 0. The van der Waals surface area contributed by atoms with Gasteiger partial charge in [0.2, 0.25) is 5.91 Å². The second-order valence-electron chi connectivity index (χ2n) is 2.94. The van der Waals surface area contributed by atoms with Crippen molar-refractivity contribution >= 4 is 11.7 Å². The van der Waals surface area contributed by atoms with Crippen molar-refractivity contribution in [3.8, 4) is 0 Å². The molecule has 0 saturated carbocycles. The maximum absolute atomic E-state index is 11.3. The van der Waals surface area contributed by atoms with E-state index in [1.54, 1.807) is 6.07 Å². The van der Waals surface area contributed by atoms with Crippen LogP contribution in [0.25, 0.3) is 0 Å². The molecule has 0 unspecified atom stereocenters. The fourth-order valence-electron chi connectivity index (χ4n) is 0.886. The van der Waals surface area contributed by atoms with E-state index < -0.39 is 6.04 Å². The minimum Gasteiger partial charge on any atom is -0.320 e. The van der Waals surface area contributed by atoms with E-state index in [0.717, 1.165) is 5.69 Å². The summed E-state index contributed by atoms with van der Waals surface area (Å²) in [5.41, 5.74) is 6.42. The van der Waals surface area contributed by atoms with Gasteiger partial charge in [-0.1, -0.05) is 6.92 Å². The number of H-pyrrole nitrogens is 1. The Morgan fingerprint density at radius 1 is 1.85 bits per heavy atom. The quantitative estimate of drug-likeness (QED) is 0.632. The fourth-order valence-corrected chi connectivity index (χ4v) is 0.886. The van der Waals surface area contributed by atoms with Crippen molar-refractivity contribution in [1.82, 2.24) is 10.2 Å². The molecule has 0 aliphatic carbocycles. The summed E-state index contributed by atoms with van der Waals surface area (Å²) < 4.78 is 0. The van der Waals surface area contributed by atoms with Gasteiger partial charge in [-0.25, -0.2) is 0 Å². The van der Waals surface area contributed by atoms with Crippen LogP contribution in [-0.2, 0) is 4.79 Å². The molecule has 1 aromatic heterocycles. The van der Waals surface area contributed by atoms with Crippen LogP contribution < -0.4 is 11.1 Å². The first-order chi connectivity index (χ1) is 6.13. The number of nitrogens with two attached hydrogens (primary N) is 1. The summed E-state index contributed by atoms with van der Waals surface area (Å²) in [6, 6.07) is 1.29. The van der Waals surface area contributed by atoms with Gasteiger partial charge in [0.15, 0.2) is 5.82 Å². The monoisotopic (exact) mass is 182 g/mol. The Morgan fingerprint density at radius 2 is 2.54 bits per heavy atom. The van der Waals surface area contributed by atoms with Crippen LogP contribution in [0, 0.1) is 6.92 Å². The van der Waals surface area contributed by atoms with Crippen LogP contribution in [0.15, 0.2) is 6.07 Å². The fraction of sp³-hybridized carbons (Fsp3) is 0.500. The minimum absolute atomic E-state index is 0.200. The Kier molecular flexibility index (Phi) is 3.02. The van der Waals surface area contributed by atoms with Crippen molar-refractivity contribution in [2.75, 3.05) is 5.32 Å². The number of hydrogen-bond acceptors (Lipinski definition) is 3. The number of carbonyl (C=O) groups is 1. The Labute approximate surface area is 76.7 Å². The van der Waals surface area contributed by atoms with Gasteiger partial charge in [-0.15, -0.1) is 0 Å². The molecule has 0 radical (unpaired) electrons. The van der Waals surface area contributed by atoms with E-state index in [2.05, 4.69) is 15.5 Å². The third-order valence-electron chi connectivity index (χ3n) is 1.73. The van der Waals surface area contributed by atoms with Gasteiger partial charge in [0.25, 0.3) is 0 Å². The highest BCUT2D eigenvalue weighted by Gasteiger charge is 2.11. The van der Waals surface area contributed by atoms with Crippen LogP contribution in [0.4, 0.5) is 5.82 Å². The molecule has 0 aromatic carbocycles. The third kappa shape index (κ3) is 2.55. The van der Waals surface area contributed by atoms with Crippen molar-refractivity contribution in [3.05, 3.63) is 11.8 Å². The van der Waals surface area contributed by atoms with E-state index in [0.29, 0.717) is 12.2 Å². The highest BCUT2D eigenvalue weighted by molar-refractivity contribution is 5.93. The maximum Gasteiger partial charge on any atom is 0.242 e. The lowest BCUT2D eigenvalue weighted by molar-refractivity contribution is -0.117. The molecule has 72 valence electrons. The first kappa shape index (κ1) is 9.73. The SMILES string of the molecule is CC[C@@H](N)C(=O)Nc1cc(C)[nH]n1. The number of nitrogens with one attached hydrogen (secondary N) is 2. The number of aromatic amines is 1. The largest absolute Gasteiger partial charge is 0.320 e. The van der Waals surface area contributed by atoms with Crippen LogP contribution in [0.5, 0.6) is 0 Å². The molecule has 0 bridgehead atoms. The zero-order valence-electron chi connectivity index (χ0n) is 7.79. The van der Waals surface area contributed by atoms with E-state index in [9.17, 15) is 4.79 Å². The number of nitrogens with zero attached hydrogens (tertiary/aromatic N) is 1. The molecule has 0 aliphatic heterocycles. The summed E-state index contributed by atoms with van der Waals surface area (Å²) in [5.74, 6) is 0.320. The Morgan fingerprint density at radius 3 is 3.00 bits per heavy atom. The van der Waals surface area contributed by atoms with Gasteiger partial charge in [0.05, 0.1) is 6.04 Å². The van der Waals surface area contributed by atoms with Gasteiger partial charge in [0.1, 0.15) is 0 Å². The summed E-state index contributed by atoms with van der Waals surface area (Å²) in [5, 5.41) is 9.19. The number of anilines is 1. The summed E-state index contributed by atoms with van der Waals surface area (Å²) in [4.78, 5) is 11.3. The minimum atomic E-state index is -0.461. The first-order valence-corrected chi connectivity index (χ1v) is 4.22. The molecule has 13 heavy (non-hydrogen) atoms. The molecule has 1 heterocycles. The third-order valence-corrected chi connectivity index (χ3v) is 1.73. The van der Waals surface area contributed by atoms with E-state index in [-0.39, 0.29) is 5.91 Å². The molecular formula is C8H14N4O. The average molecular weight is 182 g/mol. The standard InChI is InChI=1S/C8H14N4O/c1-3-6(9)8(13)10-7-4-5(2)11-12-7/h4,6H,3,9H2,1-2H3,(H2,10,11,12,13)/t6-/m1/s1. The molecule has 5 nitrogen and oxygen atoms in total. The number of hydrogen-bond donors (Lipinski definition) is 3. The molecule has 0 spiro atoms. The van der Waals surface area contributed by atoms with Crippen molar-refractivity contribution in [2.24, 2.45) is 5.73 Å². The van der Waals surface area contributed by atoms with Crippen molar-refractivity contribution in [1.29, 1.82) is 0 Å². The van der Waals surface area contributed by atoms with Crippen LogP contribution in [0.1, 0.15) is 19.0 Å². The molecule has 0 saturated heterocycles. The molecule has 1 atom stereocenters. The lowest BCUT2D eigenvalue weighted by atomic mass is 10.2. The predicted octanol–water partition coefficient (Wildman–Crippen LogP) is 0.394. The molecule has 1 amide bonds. The van der Waals surface area contributed by atoms with Gasteiger partial charge >= 0.3 is 0 Å². The molecule has 1 rings (SSSR count). The summed E-state index contributed by atoms with van der Waals surface area (Å²) in [6.45, 7) is 3.72. The second kappa shape index (κ2) is 4.04. The highest BCUT2D eigenvalue weighted by Crippen LogP contribution is 2.04. The topological polar surface area (TPSA) is 83.8 Å². The molecule has 4 N–H and O–H groups in total. The smallest absolute Gasteiger partial charge is 0.242 e. The second-order valence-corrected chi connectivity index (χ2v) is 2.94. The predicted molar refractivity (Wildman–Crippen MR) is 50.2 cm³/mol. The van der Waals surface area contributed by atoms with Gasteiger partial charge in [0, 0.05) is 11.8 Å². The lowest BCUT2D eigenvalue weighted by Gasteiger charge is -2.06. The van der Waals surface area contributed by atoms with Crippen molar-refractivity contribution in [3.63, 3.8) is 0 Å². The number of aryl methyl sites for hydroxylation is 1.